The van der Waals surface area contributed by atoms with Crippen LogP contribution in [0.3, 0.4) is 0 Å². The van der Waals surface area contributed by atoms with Gasteiger partial charge in [-0.3, -0.25) is 4.90 Å². The van der Waals surface area contributed by atoms with Crippen molar-refractivity contribution in [2.24, 2.45) is 0 Å². The Labute approximate surface area is 104 Å². The smallest absolute Gasteiger partial charge is 0.0237 e. The van der Waals surface area contributed by atoms with E-state index in [2.05, 4.69) is 72.5 Å². The molecule has 0 aliphatic carbocycles. The molecule has 2 aromatic rings. The summed E-state index contributed by atoms with van der Waals surface area (Å²) in [4.78, 5) is 2.34. The number of hydrogen-bond acceptors (Lipinski definition) is 1. The maximum Gasteiger partial charge on any atom is 0.0237 e. The molecule has 0 heterocycles. The first-order chi connectivity index (χ1) is 8.38. The SMILES string of the molecule is [CH2]CN(Cc1ccccc1)Cc1ccccc1. The number of hydrogen-bond donors (Lipinski definition) is 0. The number of nitrogens with zero attached hydrogens (tertiary/aromatic N) is 1. The Morgan fingerprint density at radius 3 is 1.47 bits per heavy atom. The summed E-state index contributed by atoms with van der Waals surface area (Å²) in [6.07, 6.45) is 0. The minimum atomic E-state index is 0.823. The van der Waals surface area contributed by atoms with Crippen molar-refractivity contribution in [3.8, 4) is 0 Å². The van der Waals surface area contributed by atoms with Crippen molar-refractivity contribution in [1.82, 2.24) is 4.90 Å². The molecule has 87 valence electrons. The van der Waals surface area contributed by atoms with Crippen LogP contribution in [-0.4, -0.2) is 11.4 Å². The van der Waals surface area contributed by atoms with E-state index in [1.165, 1.54) is 11.1 Å². The third-order valence-corrected chi connectivity index (χ3v) is 2.81. The van der Waals surface area contributed by atoms with E-state index in [0.29, 0.717) is 0 Å². The molecule has 17 heavy (non-hydrogen) atoms. The van der Waals surface area contributed by atoms with Crippen molar-refractivity contribution in [3.05, 3.63) is 78.7 Å². The summed E-state index contributed by atoms with van der Waals surface area (Å²) < 4.78 is 0. The first-order valence-corrected chi connectivity index (χ1v) is 5.98. The Hall–Kier alpha value is -1.60. The third-order valence-electron chi connectivity index (χ3n) is 2.81. The van der Waals surface area contributed by atoms with E-state index < -0.39 is 0 Å². The summed E-state index contributed by atoms with van der Waals surface area (Å²) in [5, 5.41) is 0. The lowest BCUT2D eigenvalue weighted by atomic mass is 10.2. The lowest BCUT2D eigenvalue weighted by Gasteiger charge is -2.20. The van der Waals surface area contributed by atoms with E-state index in [1.54, 1.807) is 0 Å². The van der Waals surface area contributed by atoms with Crippen molar-refractivity contribution in [3.63, 3.8) is 0 Å². The van der Waals surface area contributed by atoms with Gasteiger partial charge in [-0.1, -0.05) is 60.7 Å². The molecule has 0 atom stereocenters. The fourth-order valence-electron chi connectivity index (χ4n) is 1.90. The van der Waals surface area contributed by atoms with Crippen molar-refractivity contribution in [1.29, 1.82) is 0 Å². The second kappa shape index (κ2) is 6.21. The zero-order valence-corrected chi connectivity index (χ0v) is 10.0. The molecule has 0 fully saturated rings. The van der Waals surface area contributed by atoms with Crippen LogP contribution < -0.4 is 0 Å². The Morgan fingerprint density at radius 1 is 0.706 bits per heavy atom. The summed E-state index contributed by atoms with van der Waals surface area (Å²) in [6.45, 7) is 6.74. The first-order valence-electron chi connectivity index (χ1n) is 5.98. The molecule has 0 saturated carbocycles. The molecule has 0 unspecified atom stereocenters. The van der Waals surface area contributed by atoms with Crippen LogP contribution in [0.2, 0.25) is 0 Å². The molecule has 0 bridgehead atoms. The van der Waals surface area contributed by atoms with Crippen LogP contribution in [0.15, 0.2) is 60.7 Å². The Kier molecular flexibility index (Phi) is 4.34. The molecule has 2 aromatic carbocycles. The highest BCUT2D eigenvalue weighted by Gasteiger charge is 2.04. The fourth-order valence-corrected chi connectivity index (χ4v) is 1.90. The quantitative estimate of drug-likeness (QED) is 0.751. The summed E-state index contributed by atoms with van der Waals surface area (Å²) in [5.41, 5.74) is 2.68. The molecule has 1 nitrogen and oxygen atoms in total. The van der Waals surface area contributed by atoms with E-state index in [-0.39, 0.29) is 0 Å². The molecule has 0 aromatic heterocycles. The van der Waals surface area contributed by atoms with E-state index in [1.807, 2.05) is 0 Å². The standard InChI is InChI=1S/C16H18N/c1-2-17(13-15-9-5-3-6-10-15)14-16-11-7-4-8-12-16/h3-12H,1-2,13-14H2. The molecular weight excluding hydrogens is 206 g/mol. The van der Waals surface area contributed by atoms with Gasteiger partial charge in [0.15, 0.2) is 0 Å². The Balaban J connectivity index is 1.98. The summed E-state index contributed by atoms with van der Waals surface area (Å²) in [5.74, 6) is 0. The van der Waals surface area contributed by atoms with Gasteiger partial charge in [-0.25, -0.2) is 0 Å². The first kappa shape index (κ1) is 11.9. The highest BCUT2D eigenvalue weighted by atomic mass is 15.1. The van der Waals surface area contributed by atoms with Crippen molar-refractivity contribution >= 4 is 0 Å². The minimum Gasteiger partial charge on any atom is -0.295 e. The lowest BCUT2D eigenvalue weighted by molar-refractivity contribution is 0.285. The van der Waals surface area contributed by atoms with Crippen molar-refractivity contribution in [2.45, 2.75) is 13.1 Å². The topological polar surface area (TPSA) is 3.24 Å². The van der Waals surface area contributed by atoms with Crippen LogP contribution in [0, 0.1) is 6.92 Å². The van der Waals surface area contributed by atoms with Gasteiger partial charge in [-0.05, 0) is 24.6 Å². The van der Waals surface area contributed by atoms with Crippen LogP contribution in [0.1, 0.15) is 11.1 Å². The van der Waals surface area contributed by atoms with Gasteiger partial charge in [-0.15, -0.1) is 0 Å². The molecule has 0 aliphatic rings. The molecule has 0 saturated heterocycles. The largest absolute Gasteiger partial charge is 0.295 e. The maximum absolute atomic E-state index is 4.00. The van der Waals surface area contributed by atoms with E-state index >= 15 is 0 Å². The highest BCUT2D eigenvalue weighted by molar-refractivity contribution is 5.17. The fraction of sp³-hybridized carbons (Fsp3) is 0.188. The highest BCUT2D eigenvalue weighted by Crippen LogP contribution is 2.09. The van der Waals surface area contributed by atoms with Crippen molar-refractivity contribution in [2.75, 3.05) is 6.54 Å². The normalized spacial score (nSPS) is 10.7. The second-order valence-corrected chi connectivity index (χ2v) is 4.18. The average molecular weight is 224 g/mol. The van der Waals surface area contributed by atoms with Gasteiger partial charge in [-0.2, -0.15) is 0 Å². The molecule has 0 spiro atoms. The molecular formula is C16H18N. The zero-order valence-electron chi connectivity index (χ0n) is 10.0. The summed E-state index contributed by atoms with van der Waals surface area (Å²) >= 11 is 0. The predicted octanol–water partition coefficient (Wildman–Crippen LogP) is 3.52. The Morgan fingerprint density at radius 2 is 1.12 bits per heavy atom. The van der Waals surface area contributed by atoms with Gasteiger partial charge < -0.3 is 0 Å². The van der Waals surface area contributed by atoms with Crippen LogP contribution in [0.25, 0.3) is 0 Å². The van der Waals surface area contributed by atoms with Gasteiger partial charge in [0, 0.05) is 13.1 Å². The zero-order chi connectivity index (χ0) is 11.9. The summed E-state index contributed by atoms with van der Waals surface area (Å²) in [7, 11) is 0. The molecule has 1 radical (unpaired) electrons. The van der Waals surface area contributed by atoms with Gasteiger partial charge >= 0.3 is 0 Å². The van der Waals surface area contributed by atoms with Crippen LogP contribution >= 0.6 is 0 Å². The number of rotatable bonds is 5. The summed E-state index contributed by atoms with van der Waals surface area (Å²) in [6, 6.07) is 21.1. The van der Waals surface area contributed by atoms with Gasteiger partial charge in [0.05, 0.1) is 0 Å². The molecule has 2 rings (SSSR count). The van der Waals surface area contributed by atoms with E-state index in [9.17, 15) is 0 Å². The minimum absolute atomic E-state index is 0.823. The van der Waals surface area contributed by atoms with Gasteiger partial charge in [0.25, 0.3) is 0 Å². The van der Waals surface area contributed by atoms with Crippen molar-refractivity contribution < 1.29 is 0 Å². The average Bonchev–Trinajstić information content (AvgIpc) is 2.40. The van der Waals surface area contributed by atoms with E-state index in [0.717, 1.165) is 19.6 Å². The van der Waals surface area contributed by atoms with Gasteiger partial charge in [0.2, 0.25) is 0 Å². The van der Waals surface area contributed by atoms with Crippen LogP contribution in [0.4, 0.5) is 0 Å². The van der Waals surface area contributed by atoms with Crippen LogP contribution in [0.5, 0.6) is 0 Å². The van der Waals surface area contributed by atoms with Crippen LogP contribution in [-0.2, 0) is 13.1 Å². The molecule has 0 aliphatic heterocycles. The predicted molar refractivity (Wildman–Crippen MR) is 72.4 cm³/mol. The monoisotopic (exact) mass is 224 g/mol. The lowest BCUT2D eigenvalue weighted by Crippen LogP contribution is -2.22. The molecule has 0 amide bonds. The van der Waals surface area contributed by atoms with Gasteiger partial charge in [0.1, 0.15) is 0 Å². The molecule has 1 heteroatoms. The number of benzene rings is 2. The van der Waals surface area contributed by atoms with E-state index in [4.69, 9.17) is 0 Å². The molecule has 0 N–H and O–H groups in total. The second-order valence-electron chi connectivity index (χ2n) is 4.18. The maximum atomic E-state index is 4.00. The Bertz CT molecular complexity index is 380. The third kappa shape index (κ3) is 3.72.